The smallest absolute Gasteiger partial charge is 0.243 e. The van der Waals surface area contributed by atoms with Gasteiger partial charge in [0.05, 0.1) is 5.36 Å². The van der Waals surface area contributed by atoms with Crippen LogP contribution in [0.2, 0.25) is 0 Å². The molecule has 0 saturated carbocycles. The molecule has 0 atom stereocenters. The van der Waals surface area contributed by atoms with Crippen molar-refractivity contribution in [3.05, 3.63) is 53.9 Å². The van der Waals surface area contributed by atoms with Crippen molar-refractivity contribution in [1.82, 2.24) is 4.98 Å². The molecule has 1 amide bonds. The van der Waals surface area contributed by atoms with Crippen LogP contribution in [0.3, 0.4) is 0 Å². The Morgan fingerprint density at radius 3 is 2.70 bits per heavy atom. The number of aromatic nitrogens is 1. The molecule has 0 unspecified atom stereocenters. The van der Waals surface area contributed by atoms with Crippen LogP contribution in [0.25, 0.3) is 33.3 Å². The van der Waals surface area contributed by atoms with Crippen LogP contribution in [0.5, 0.6) is 0 Å². The van der Waals surface area contributed by atoms with Gasteiger partial charge in [0.15, 0.2) is 11.3 Å². The lowest BCUT2D eigenvalue weighted by atomic mass is 10.1. The minimum absolute atomic E-state index is 0.256. The molecule has 1 aliphatic carbocycles. The van der Waals surface area contributed by atoms with Gasteiger partial charge in [0.25, 0.3) is 0 Å². The second-order valence-electron chi connectivity index (χ2n) is 5.35. The maximum atomic E-state index is 11.1. The third-order valence-corrected chi connectivity index (χ3v) is 3.70. The van der Waals surface area contributed by atoms with Gasteiger partial charge in [-0.3, -0.25) is 4.79 Å². The van der Waals surface area contributed by atoms with E-state index in [4.69, 9.17) is 15.1 Å². The van der Waals surface area contributed by atoms with Crippen LogP contribution in [0.4, 0.5) is 5.69 Å². The molecule has 2 aromatic rings. The van der Waals surface area contributed by atoms with E-state index in [0.717, 1.165) is 16.3 Å². The van der Waals surface area contributed by atoms with Crippen LogP contribution < -0.4 is 11.1 Å². The second-order valence-corrected chi connectivity index (χ2v) is 5.35. The van der Waals surface area contributed by atoms with Crippen molar-refractivity contribution in [2.45, 2.75) is 6.92 Å². The van der Waals surface area contributed by atoms with Crippen molar-refractivity contribution in [3.63, 3.8) is 0 Å². The fourth-order valence-corrected chi connectivity index (χ4v) is 2.72. The molecule has 1 aliphatic heterocycles. The highest BCUT2D eigenvalue weighted by Gasteiger charge is 2.12. The Labute approximate surface area is 131 Å². The summed E-state index contributed by atoms with van der Waals surface area (Å²) >= 11 is 0. The first-order valence-electron chi connectivity index (χ1n) is 7.19. The maximum absolute atomic E-state index is 11.1. The van der Waals surface area contributed by atoms with E-state index in [1.807, 2.05) is 24.3 Å². The summed E-state index contributed by atoms with van der Waals surface area (Å²) in [4.78, 5) is 19.7. The molecule has 0 bridgehead atoms. The summed E-state index contributed by atoms with van der Waals surface area (Å²) in [6.45, 7) is 1.41. The van der Waals surface area contributed by atoms with E-state index in [2.05, 4.69) is 4.99 Å². The molecule has 5 nitrogen and oxygen atoms in total. The van der Waals surface area contributed by atoms with E-state index in [9.17, 15) is 4.79 Å². The fourth-order valence-electron chi connectivity index (χ4n) is 2.72. The summed E-state index contributed by atoms with van der Waals surface area (Å²) in [5.74, 6) is 0.308. The number of rotatable bonds is 0. The van der Waals surface area contributed by atoms with Gasteiger partial charge in [-0.05, 0) is 12.1 Å². The van der Waals surface area contributed by atoms with Gasteiger partial charge in [0, 0.05) is 35.5 Å². The van der Waals surface area contributed by atoms with Crippen molar-refractivity contribution in [2.75, 3.05) is 5.73 Å². The molecule has 1 heterocycles. The molecule has 0 saturated heterocycles. The van der Waals surface area contributed by atoms with Gasteiger partial charge in [-0.15, -0.1) is 0 Å². The number of nitrogens with zero attached hydrogens (tertiary/aromatic N) is 2. The highest BCUT2D eigenvalue weighted by atomic mass is 16.3. The molecule has 0 aromatic heterocycles. The Kier molecular flexibility index (Phi) is 2.87. The molecule has 0 spiro atoms. The van der Waals surface area contributed by atoms with Gasteiger partial charge in [-0.2, -0.15) is 0 Å². The lowest BCUT2D eigenvalue weighted by Crippen LogP contribution is -2.05. The third-order valence-electron chi connectivity index (χ3n) is 3.70. The SMILES string of the molecule is CC(=O)N=c1ccc2nc3c(cc(N)c4ccccc43)oc-2c1. The Bertz CT molecular complexity index is 1110. The average molecular weight is 303 g/mol. The fraction of sp³-hybridized carbons (Fsp3) is 0.0556. The summed E-state index contributed by atoms with van der Waals surface area (Å²) in [7, 11) is 0. The molecule has 2 N–H and O–H groups in total. The summed E-state index contributed by atoms with van der Waals surface area (Å²) < 4.78 is 5.94. The highest BCUT2D eigenvalue weighted by molar-refractivity contribution is 6.09. The van der Waals surface area contributed by atoms with Crippen molar-refractivity contribution in [3.8, 4) is 11.5 Å². The van der Waals surface area contributed by atoms with Gasteiger partial charge >= 0.3 is 0 Å². The van der Waals surface area contributed by atoms with E-state index in [1.54, 1.807) is 24.3 Å². The van der Waals surface area contributed by atoms with Crippen LogP contribution >= 0.6 is 0 Å². The summed E-state index contributed by atoms with van der Waals surface area (Å²) in [5.41, 5.74) is 8.82. The number of fused-ring (bicyclic) bond motifs is 4. The summed E-state index contributed by atoms with van der Waals surface area (Å²) in [5, 5.41) is 2.44. The van der Waals surface area contributed by atoms with Crippen molar-refractivity contribution in [1.29, 1.82) is 0 Å². The second kappa shape index (κ2) is 4.91. The zero-order chi connectivity index (χ0) is 16.0. The Morgan fingerprint density at radius 1 is 1.13 bits per heavy atom. The number of carbonyl (C=O) groups excluding carboxylic acids is 1. The summed E-state index contributed by atoms with van der Waals surface area (Å²) in [6, 6.07) is 14.9. The number of hydrogen-bond acceptors (Lipinski definition) is 4. The van der Waals surface area contributed by atoms with Crippen LogP contribution in [0.1, 0.15) is 6.92 Å². The predicted molar refractivity (Wildman–Crippen MR) is 88.8 cm³/mol. The van der Waals surface area contributed by atoms with E-state index >= 15 is 0 Å². The molecule has 0 radical (unpaired) electrons. The van der Waals surface area contributed by atoms with E-state index < -0.39 is 0 Å². The van der Waals surface area contributed by atoms with Gasteiger partial charge in [0.1, 0.15) is 11.2 Å². The number of anilines is 1. The Hall–Kier alpha value is -3.21. The lowest BCUT2D eigenvalue weighted by Gasteiger charge is -2.10. The average Bonchev–Trinajstić information content (AvgIpc) is 2.53. The quantitative estimate of drug-likeness (QED) is 0.307. The monoisotopic (exact) mass is 303 g/mol. The highest BCUT2D eigenvalue weighted by Crippen LogP contribution is 2.32. The van der Waals surface area contributed by atoms with Crippen LogP contribution in [0.15, 0.2) is 57.9 Å². The van der Waals surface area contributed by atoms with Gasteiger partial charge in [-0.1, -0.05) is 24.3 Å². The molecule has 5 heteroatoms. The van der Waals surface area contributed by atoms with Gasteiger partial charge in [-0.25, -0.2) is 9.98 Å². The zero-order valence-corrected chi connectivity index (χ0v) is 12.4. The molecule has 4 rings (SSSR count). The van der Waals surface area contributed by atoms with Crippen LogP contribution in [-0.2, 0) is 4.79 Å². The van der Waals surface area contributed by atoms with E-state index in [1.165, 1.54) is 6.92 Å². The predicted octanol–water partition coefficient (Wildman–Crippen LogP) is 3.12. The number of nitrogens with two attached hydrogens (primary N) is 1. The molecule has 2 aliphatic rings. The molecule has 2 aromatic carbocycles. The van der Waals surface area contributed by atoms with Crippen molar-refractivity contribution in [2.24, 2.45) is 4.99 Å². The Balaban J connectivity index is 2.11. The Morgan fingerprint density at radius 2 is 1.91 bits per heavy atom. The molecule has 0 fully saturated rings. The number of hydrogen-bond donors (Lipinski definition) is 1. The first-order valence-corrected chi connectivity index (χ1v) is 7.19. The maximum Gasteiger partial charge on any atom is 0.243 e. The zero-order valence-electron chi connectivity index (χ0n) is 12.4. The molecule has 23 heavy (non-hydrogen) atoms. The number of nitrogen functional groups attached to an aromatic ring is 1. The van der Waals surface area contributed by atoms with Gasteiger partial charge < -0.3 is 10.2 Å². The topological polar surface area (TPSA) is 81.5 Å². The van der Waals surface area contributed by atoms with E-state index in [0.29, 0.717) is 28.1 Å². The van der Waals surface area contributed by atoms with Crippen LogP contribution in [0, 0.1) is 0 Å². The van der Waals surface area contributed by atoms with Gasteiger partial charge in [0.2, 0.25) is 5.91 Å². The number of benzene rings is 3. The lowest BCUT2D eigenvalue weighted by molar-refractivity contribution is -0.116. The molecule has 112 valence electrons. The largest absolute Gasteiger partial charge is 0.453 e. The first kappa shape index (κ1) is 13.5. The normalized spacial score (nSPS) is 12.3. The molecular formula is C18H13N3O2. The molecular weight excluding hydrogens is 290 g/mol. The standard InChI is InChI=1S/C18H13N3O2/c1-10(22)20-11-6-7-15-16(8-11)23-17-9-14(19)12-4-2-3-5-13(12)18(17)21-15/h2-9H,19H2,1H3. The van der Waals surface area contributed by atoms with Crippen molar-refractivity contribution >= 4 is 33.5 Å². The minimum Gasteiger partial charge on any atom is -0.453 e. The number of amides is 1. The summed E-state index contributed by atoms with van der Waals surface area (Å²) in [6.07, 6.45) is 0. The van der Waals surface area contributed by atoms with E-state index in [-0.39, 0.29) is 5.91 Å². The van der Waals surface area contributed by atoms with Crippen LogP contribution in [-0.4, -0.2) is 10.9 Å². The number of carbonyl (C=O) groups is 1. The first-order chi connectivity index (χ1) is 11.1. The minimum atomic E-state index is -0.256. The van der Waals surface area contributed by atoms with Crippen molar-refractivity contribution < 1.29 is 9.21 Å². The third kappa shape index (κ3) is 2.23.